The van der Waals surface area contributed by atoms with Crippen molar-refractivity contribution in [2.24, 2.45) is 0 Å². The van der Waals surface area contributed by atoms with E-state index in [1.165, 1.54) is 23.6 Å². The molecule has 0 N–H and O–H groups in total. The van der Waals surface area contributed by atoms with E-state index in [4.69, 9.17) is 27.9 Å². The zero-order valence-electron chi connectivity index (χ0n) is 15.2. The number of hydrogen-bond donors (Lipinski definition) is 0. The molecule has 0 spiro atoms. The minimum atomic E-state index is -0.883. The molecule has 0 unspecified atom stereocenters. The van der Waals surface area contributed by atoms with Gasteiger partial charge in [0, 0.05) is 22.5 Å². The van der Waals surface area contributed by atoms with Crippen LogP contribution in [0.25, 0.3) is 11.3 Å². The van der Waals surface area contributed by atoms with Crippen LogP contribution < -0.4 is 9.64 Å². The first-order valence-corrected chi connectivity index (χ1v) is 11.2. The summed E-state index contributed by atoms with van der Waals surface area (Å²) in [5.74, 6) is 0.0222. The number of carbonyl (C=O) groups is 1. The lowest BCUT2D eigenvalue weighted by molar-refractivity contribution is -0.118. The van der Waals surface area contributed by atoms with Gasteiger partial charge in [0.2, 0.25) is 23.2 Å². The lowest BCUT2D eigenvalue weighted by Crippen LogP contribution is -2.36. The van der Waals surface area contributed by atoms with E-state index >= 15 is 0 Å². The van der Waals surface area contributed by atoms with Crippen molar-refractivity contribution in [3.05, 3.63) is 56.5 Å². The molecular formula is C19H13BrCl2N4O2S. The van der Waals surface area contributed by atoms with Gasteiger partial charge in [0.1, 0.15) is 0 Å². The topological polar surface area (TPSA) is 68.2 Å². The number of rotatable bonds is 2. The Labute approximate surface area is 189 Å². The number of fused-ring (bicyclic) bond motifs is 3. The fourth-order valence-corrected chi connectivity index (χ4v) is 4.14. The van der Waals surface area contributed by atoms with Crippen LogP contribution in [0.1, 0.15) is 18.7 Å². The van der Waals surface area contributed by atoms with Crippen molar-refractivity contribution in [3.63, 3.8) is 0 Å². The van der Waals surface area contributed by atoms with Gasteiger partial charge in [0.25, 0.3) is 0 Å². The average molecular weight is 512 g/mol. The molecule has 0 saturated heterocycles. The molecule has 0 saturated carbocycles. The van der Waals surface area contributed by atoms with Crippen molar-refractivity contribution in [1.29, 1.82) is 0 Å². The van der Waals surface area contributed by atoms with Crippen LogP contribution in [-0.4, -0.2) is 27.3 Å². The number of anilines is 1. The van der Waals surface area contributed by atoms with E-state index in [0.29, 0.717) is 37.7 Å². The molecule has 2 aromatic carbocycles. The summed E-state index contributed by atoms with van der Waals surface area (Å²) in [4.78, 5) is 18.7. The number of halogens is 3. The summed E-state index contributed by atoms with van der Waals surface area (Å²) in [5.41, 5.74) is 2.25. The highest BCUT2D eigenvalue weighted by Gasteiger charge is 2.36. The molecule has 4 rings (SSSR count). The quantitative estimate of drug-likeness (QED) is 0.406. The number of thioether (sulfide) groups is 1. The standard InChI is InChI=1S/C19H13BrCl2N4O2S/c1-9(27)26-14-7-6-10(20)8-12(14)16-17(23-19(29-2)25-24-16)28-18(26)11-4-3-5-13(21)15(11)22/h3-8,18H,1-2H3/t18-/m0/s1. The SMILES string of the molecule is CSc1nnc2c(n1)O[C@@H](c1cccc(Cl)c1Cl)N(C(C)=O)c1ccc(Br)cc1-2. The minimum Gasteiger partial charge on any atom is -0.447 e. The van der Waals surface area contributed by atoms with Gasteiger partial charge in [-0.25, -0.2) is 0 Å². The van der Waals surface area contributed by atoms with Gasteiger partial charge in [-0.2, -0.15) is 4.98 Å². The van der Waals surface area contributed by atoms with Gasteiger partial charge in [0.15, 0.2) is 5.69 Å². The Balaban J connectivity index is 2.03. The lowest BCUT2D eigenvalue weighted by atomic mass is 10.1. The third-order valence-corrected chi connectivity index (χ3v) is 6.20. The van der Waals surface area contributed by atoms with Crippen molar-refractivity contribution < 1.29 is 9.53 Å². The zero-order chi connectivity index (χ0) is 20.7. The number of ether oxygens (including phenoxy) is 1. The van der Waals surface area contributed by atoms with Gasteiger partial charge in [0.05, 0.1) is 15.7 Å². The lowest BCUT2D eigenvalue weighted by Gasteiger charge is -2.30. The number of benzene rings is 2. The van der Waals surface area contributed by atoms with Gasteiger partial charge in [-0.3, -0.25) is 9.69 Å². The third kappa shape index (κ3) is 3.70. The maximum Gasteiger partial charge on any atom is 0.247 e. The van der Waals surface area contributed by atoms with E-state index in [2.05, 4.69) is 31.1 Å². The molecule has 10 heteroatoms. The number of nitrogens with zero attached hydrogens (tertiary/aromatic N) is 4. The molecule has 0 bridgehead atoms. The average Bonchev–Trinajstić information content (AvgIpc) is 2.83. The highest BCUT2D eigenvalue weighted by atomic mass is 79.9. The Morgan fingerprint density at radius 1 is 1.24 bits per heavy atom. The van der Waals surface area contributed by atoms with Crippen LogP contribution in [0.4, 0.5) is 5.69 Å². The molecule has 1 aliphatic rings. The van der Waals surface area contributed by atoms with Crippen molar-refractivity contribution in [1.82, 2.24) is 15.2 Å². The highest BCUT2D eigenvalue weighted by Crippen LogP contribution is 2.46. The van der Waals surface area contributed by atoms with Gasteiger partial charge < -0.3 is 4.74 Å². The van der Waals surface area contributed by atoms with E-state index in [1.54, 1.807) is 18.2 Å². The molecule has 0 aliphatic carbocycles. The number of amides is 1. The van der Waals surface area contributed by atoms with Crippen LogP contribution in [0, 0.1) is 0 Å². The third-order valence-electron chi connectivity index (χ3n) is 4.34. The van der Waals surface area contributed by atoms with Crippen LogP contribution in [-0.2, 0) is 4.79 Å². The van der Waals surface area contributed by atoms with Crippen molar-refractivity contribution >= 4 is 62.5 Å². The molecule has 1 atom stereocenters. The van der Waals surface area contributed by atoms with E-state index in [1.807, 2.05) is 24.5 Å². The number of carbonyl (C=O) groups excluding carboxylic acids is 1. The van der Waals surface area contributed by atoms with E-state index in [9.17, 15) is 4.79 Å². The summed E-state index contributed by atoms with van der Waals surface area (Å²) in [6.45, 7) is 1.46. The minimum absolute atomic E-state index is 0.236. The summed E-state index contributed by atoms with van der Waals surface area (Å²) in [7, 11) is 0. The first-order valence-electron chi connectivity index (χ1n) is 8.39. The van der Waals surface area contributed by atoms with E-state index < -0.39 is 6.23 Å². The maximum absolute atomic E-state index is 12.8. The first-order chi connectivity index (χ1) is 13.9. The van der Waals surface area contributed by atoms with Crippen molar-refractivity contribution in [2.75, 3.05) is 11.2 Å². The van der Waals surface area contributed by atoms with E-state index in [0.717, 1.165) is 4.47 Å². The van der Waals surface area contributed by atoms with Gasteiger partial charge in [-0.1, -0.05) is 63.0 Å². The second-order valence-corrected chi connectivity index (χ2v) is 8.59. The predicted octanol–water partition coefficient (Wildman–Crippen LogP) is 5.77. The summed E-state index contributed by atoms with van der Waals surface area (Å²) < 4.78 is 7.06. The molecule has 1 aliphatic heterocycles. The smallest absolute Gasteiger partial charge is 0.247 e. The monoisotopic (exact) mass is 510 g/mol. The fourth-order valence-electron chi connectivity index (χ4n) is 3.08. The highest BCUT2D eigenvalue weighted by molar-refractivity contribution is 9.10. The molecule has 0 radical (unpaired) electrons. The maximum atomic E-state index is 12.8. The second-order valence-electron chi connectivity index (χ2n) is 6.12. The van der Waals surface area contributed by atoms with Gasteiger partial charge >= 0.3 is 0 Å². The van der Waals surface area contributed by atoms with Crippen LogP contribution in [0.3, 0.4) is 0 Å². The van der Waals surface area contributed by atoms with E-state index in [-0.39, 0.29) is 11.8 Å². The molecule has 29 heavy (non-hydrogen) atoms. The largest absolute Gasteiger partial charge is 0.447 e. The van der Waals surface area contributed by atoms with Crippen LogP contribution in [0.2, 0.25) is 10.0 Å². The summed E-state index contributed by atoms with van der Waals surface area (Å²) in [6.07, 6.45) is 0.962. The molecule has 0 fully saturated rings. The van der Waals surface area contributed by atoms with Crippen LogP contribution in [0.15, 0.2) is 46.0 Å². The first kappa shape index (κ1) is 20.4. The van der Waals surface area contributed by atoms with Gasteiger partial charge in [-0.05, 0) is 30.5 Å². The number of hydrogen-bond acceptors (Lipinski definition) is 6. The Kier molecular flexibility index (Phi) is 5.70. The Morgan fingerprint density at radius 2 is 2.03 bits per heavy atom. The molecule has 1 aromatic heterocycles. The summed E-state index contributed by atoms with van der Waals surface area (Å²) in [6, 6.07) is 10.7. The van der Waals surface area contributed by atoms with Crippen LogP contribution >= 0.6 is 50.9 Å². The summed E-state index contributed by atoms with van der Waals surface area (Å²) >= 11 is 17.5. The molecule has 2 heterocycles. The molecule has 6 nitrogen and oxygen atoms in total. The number of aromatic nitrogens is 3. The van der Waals surface area contributed by atoms with Crippen molar-refractivity contribution in [2.45, 2.75) is 18.3 Å². The fraction of sp³-hybridized carbons (Fsp3) is 0.158. The molecular weight excluding hydrogens is 499 g/mol. The summed E-state index contributed by atoms with van der Waals surface area (Å²) in [5, 5.41) is 9.57. The molecule has 3 aromatic rings. The second kappa shape index (κ2) is 8.10. The van der Waals surface area contributed by atoms with Gasteiger partial charge in [-0.15, -0.1) is 10.2 Å². The Morgan fingerprint density at radius 3 is 2.76 bits per heavy atom. The van der Waals surface area contributed by atoms with Crippen LogP contribution in [0.5, 0.6) is 5.88 Å². The Bertz CT molecular complexity index is 1130. The molecule has 1 amide bonds. The van der Waals surface area contributed by atoms with Crippen molar-refractivity contribution in [3.8, 4) is 17.1 Å². The normalized spacial score (nSPS) is 15.2. The molecule has 148 valence electrons. The predicted molar refractivity (Wildman–Crippen MR) is 118 cm³/mol. The Hall–Kier alpha value is -1.87. The zero-order valence-corrected chi connectivity index (χ0v) is 19.1.